The number of benzene rings is 2. The minimum absolute atomic E-state index is 0.145. The van der Waals surface area contributed by atoms with Crippen molar-refractivity contribution in [3.63, 3.8) is 0 Å². The van der Waals surface area contributed by atoms with E-state index >= 15 is 0 Å². The first kappa shape index (κ1) is 20.2. The van der Waals surface area contributed by atoms with Gasteiger partial charge in [0.25, 0.3) is 0 Å². The molecule has 4 rings (SSSR count). The van der Waals surface area contributed by atoms with Crippen LogP contribution in [0.1, 0.15) is 15.9 Å². The maximum absolute atomic E-state index is 14.3. The monoisotopic (exact) mass is 417 g/mol. The molecule has 0 aliphatic heterocycles. The molecule has 0 spiro atoms. The van der Waals surface area contributed by atoms with Crippen molar-refractivity contribution in [1.82, 2.24) is 9.97 Å². The zero-order valence-corrected chi connectivity index (χ0v) is 16.7. The lowest BCUT2D eigenvalue weighted by molar-refractivity contribution is 0.0595. The second-order valence-electron chi connectivity index (χ2n) is 6.95. The number of fused-ring (bicyclic) bond motifs is 1. The highest BCUT2D eigenvalue weighted by Crippen LogP contribution is 2.27. The molecule has 0 bridgehead atoms. The van der Waals surface area contributed by atoms with E-state index in [-0.39, 0.29) is 5.56 Å². The summed E-state index contributed by atoms with van der Waals surface area (Å²) in [5, 5.41) is 2.44. The number of hydrogen-bond donors (Lipinski definition) is 2. The standard InChI is InChI=1S/C23H20FN5O2/c1-31-23(30)17-6-5-16(12-18(17)24)21-9-7-19(25)22(28-21)29(26)13-14-4-8-20-15(11-14)3-2-10-27-20/h2-12H,13,25-26H2,1H3. The first-order chi connectivity index (χ1) is 15.0. The van der Waals surface area contributed by atoms with Gasteiger partial charge in [-0.2, -0.15) is 0 Å². The number of nitrogens with two attached hydrogens (primary N) is 2. The van der Waals surface area contributed by atoms with Crippen LogP contribution in [0.3, 0.4) is 0 Å². The van der Waals surface area contributed by atoms with Crippen LogP contribution in [0.2, 0.25) is 0 Å². The second-order valence-corrected chi connectivity index (χ2v) is 6.95. The Morgan fingerprint density at radius 2 is 1.97 bits per heavy atom. The summed E-state index contributed by atoms with van der Waals surface area (Å²) in [4.78, 5) is 20.4. The molecule has 0 aliphatic carbocycles. The van der Waals surface area contributed by atoms with Crippen molar-refractivity contribution >= 4 is 28.4 Å². The molecule has 2 heterocycles. The van der Waals surface area contributed by atoms with E-state index in [1.807, 2.05) is 30.3 Å². The number of anilines is 2. The van der Waals surface area contributed by atoms with Crippen LogP contribution < -0.4 is 16.6 Å². The summed E-state index contributed by atoms with van der Waals surface area (Å²) in [6.07, 6.45) is 1.74. The Morgan fingerprint density at radius 3 is 2.74 bits per heavy atom. The van der Waals surface area contributed by atoms with Gasteiger partial charge in [0.1, 0.15) is 5.82 Å². The molecule has 0 saturated heterocycles. The van der Waals surface area contributed by atoms with Crippen LogP contribution in [0.5, 0.6) is 0 Å². The Labute approximate surface area is 178 Å². The first-order valence-corrected chi connectivity index (χ1v) is 9.47. The lowest BCUT2D eigenvalue weighted by Gasteiger charge is -2.20. The zero-order valence-electron chi connectivity index (χ0n) is 16.7. The summed E-state index contributed by atoms with van der Waals surface area (Å²) in [5.74, 6) is 5.20. The van der Waals surface area contributed by atoms with E-state index < -0.39 is 11.8 Å². The maximum atomic E-state index is 14.3. The molecule has 4 N–H and O–H groups in total. The predicted molar refractivity (Wildman–Crippen MR) is 117 cm³/mol. The molecule has 0 fully saturated rings. The summed E-state index contributed by atoms with van der Waals surface area (Å²) in [7, 11) is 1.20. The highest BCUT2D eigenvalue weighted by atomic mass is 19.1. The summed E-state index contributed by atoms with van der Waals surface area (Å²) in [6.45, 7) is 0.362. The predicted octanol–water partition coefficient (Wildman–Crippen LogP) is 3.69. The number of carbonyl (C=O) groups is 1. The van der Waals surface area contributed by atoms with Crippen molar-refractivity contribution in [2.75, 3.05) is 17.9 Å². The SMILES string of the molecule is COC(=O)c1ccc(-c2ccc(N)c(N(N)Cc3ccc4ncccc4c3)n2)cc1F. The third kappa shape index (κ3) is 4.15. The third-order valence-electron chi connectivity index (χ3n) is 4.87. The molecule has 0 aliphatic rings. The molecule has 0 amide bonds. The van der Waals surface area contributed by atoms with E-state index in [4.69, 9.17) is 11.6 Å². The fraction of sp³-hybridized carbons (Fsp3) is 0.0870. The summed E-state index contributed by atoms with van der Waals surface area (Å²) >= 11 is 0. The minimum Gasteiger partial charge on any atom is -0.465 e. The van der Waals surface area contributed by atoms with E-state index in [9.17, 15) is 9.18 Å². The second kappa shape index (κ2) is 8.37. The van der Waals surface area contributed by atoms with Gasteiger partial charge >= 0.3 is 5.97 Å². The van der Waals surface area contributed by atoms with E-state index in [1.165, 1.54) is 24.3 Å². The van der Waals surface area contributed by atoms with Gasteiger partial charge in [0.05, 0.1) is 36.1 Å². The van der Waals surface area contributed by atoms with Crippen LogP contribution in [-0.2, 0) is 11.3 Å². The number of nitrogen functional groups attached to an aromatic ring is 1. The molecule has 0 saturated carbocycles. The van der Waals surface area contributed by atoms with Crippen LogP contribution in [0.25, 0.3) is 22.2 Å². The first-order valence-electron chi connectivity index (χ1n) is 9.47. The van der Waals surface area contributed by atoms with Crippen LogP contribution in [0.15, 0.2) is 66.9 Å². The average Bonchev–Trinajstić information content (AvgIpc) is 2.78. The van der Waals surface area contributed by atoms with E-state index in [2.05, 4.69) is 14.7 Å². The fourth-order valence-electron chi connectivity index (χ4n) is 3.29. The number of pyridine rings is 2. The Balaban J connectivity index is 1.62. The molecule has 0 unspecified atom stereocenters. The minimum atomic E-state index is -0.742. The van der Waals surface area contributed by atoms with Crippen molar-refractivity contribution in [3.05, 3.63) is 83.8 Å². The summed E-state index contributed by atoms with van der Waals surface area (Å²) in [5.41, 5.74) is 9.15. The molecular weight excluding hydrogens is 397 g/mol. The Hall–Kier alpha value is -4.04. The van der Waals surface area contributed by atoms with Gasteiger partial charge in [0.2, 0.25) is 0 Å². The molecule has 0 radical (unpaired) electrons. The van der Waals surface area contributed by atoms with Gasteiger partial charge in [-0.25, -0.2) is 20.0 Å². The Bertz CT molecular complexity index is 1280. The van der Waals surface area contributed by atoms with Gasteiger partial charge in [0.15, 0.2) is 5.82 Å². The topological polar surface area (TPSA) is 107 Å². The maximum Gasteiger partial charge on any atom is 0.340 e. The quantitative estimate of drug-likeness (QED) is 0.290. The number of rotatable bonds is 5. The normalized spacial score (nSPS) is 10.8. The largest absolute Gasteiger partial charge is 0.465 e. The number of nitrogens with zero attached hydrogens (tertiary/aromatic N) is 3. The molecule has 4 aromatic rings. The van der Waals surface area contributed by atoms with Crippen molar-refractivity contribution in [1.29, 1.82) is 0 Å². The molecule has 0 atom stereocenters. The van der Waals surface area contributed by atoms with Crippen molar-refractivity contribution in [2.24, 2.45) is 5.84 Å². The van der Waals surface area contributed by atoms with Crippen LogP contribution >= 0.6 is 0 Å². The van der Waals surface area contributed by atoms with Crippen LogP contribution in [0, 0.1) is 5.82 Å². The highest BCUT2D eigenvalue weighted by Gasteiger charge is 2.15. The van der Waals surface area contributed by atoms with Gasteiger partial charge in [-0.1, -0.05) is 18.2 Å². The third-order valence-corrected chi connectivity index (χ3v) is 4.87. The Morgan fingerprint density at radius 1 is 1.13 bits per heavy atom. The molecule has 8 heteroatoms. The summed E-state index contributed by atoms with van der Waals surface area (Å²) in [6, 6.07) is 17.2. The number of esters is 1. The molecule has 2 aromatic carbocycles. The summed E-state index contributed by atoms with van der Waals surface area (Å²) < 4.78 is 18.9. The fourth-order valence-corrected chi connectivity index (χ4v) is 3.29. The van der Waals surface area contributed by atoms with Gasteiger partial charge in [0, 0.05) is 17.1 Å². The van der Waals surface area contributed by atoms with Crippen molar-refractivity contribution in [3.8, 4) is 11.3 Å². The van der Waals surface area contributed by atoms with Crippen LogP contribution in [-0.4, -0.2) is 23.0 Å². The number of methoxy groups -OCH3 is 1. The van der Waals surface area contributed by atoms with E-state index in [1.54, 1.807) is 24.4 Å². The molecule has 156 valence electrons. The van der Waals surface area contributed by atoms with Gasteiger partial charge in [-0.05, 0) is 48.0 Å². The number of hydrazine groups is 1. The molecule has 31 heavy (non-hydrogen) atoms. The van der Waals surface area contributed by atoms with Gasteiger partial charge in [-0.15, -0.1) is 0 Å². The molecule has 7 nitrogen and oxygen atoms in total. The van der Waals surface area contributed by atoms with Crippen molar-refractivity contribution in [2.45, 2.75) is 6.54 Å². The highest BCUT2D eigenvalue weighted by molar-refractivity contribution is 5.90. The molecular formula is C23H20FN5O2. The zero-order chi connectivity index (χ0) is 22.0. The lowest BCUT2D eigenvalue weighted by atomic mass is 10.1. The average molecular weight is 417 g/mol. The van der Waals surface area contributed by atoms with Gasteiger partial charge in [-0.3, -0.25) is 9.99 Å². The number of halogens is 1. The number of aromatic nitrogens is 2. The lowest BCUT2D eigenvalue weighted by Crippen LogP contribution is -2.31. The van der Waals surface area contributed by atoms with Crippen molar-refractivity contribution < 1.29 is 13.9 Å². The number of carbonyl (C=O) groups excluding carboxylic acids is 1. The van der Waals surface area contributed by atoms with E-state index in [0.717, 1.165) is 16.5 Å². The van der Waals surface area contributed by atoms with E-state index in [0.29, 0.717) is 29.3 Å². The number of ether oxygens (including phenoxy) is 1. The molecule has 2 aromatic heterocycles. The van der Waals surface area contributed by atoms with Crippen LogP contribution in [0.4, 0.5) is 15.9 Å². The smallest absolute Gasteiger partial charge is 0.340 e. The number of hydrogen-bond acceptors (Lipinski definition) is 7. The van der Waals surface area contributed by atoms with Gasteiger partial charge < -0.3 is 10.5 Å². The Kier molecular flexibility index (Phi) is 5.46.